The Labute approximate surface area is 188 Å². The second-order valence-electron chi connectivity index (χ2n) is 7.16. The number of hydrogen-bond acceptors (Lipinski definition) is 7. The van der Waals surface area contributed by atoms with Crippen LogP contribution in [0.15, 0.2) is 77.4 Å². The standard InChI is InChI=1S/C23H20N6O2S/c1-14-19(22(30)26-18-11-5-6-12-24-18)20(15-8-3-4-9-16(15)31-2)29-23(25-14)27-21(28-29)17-10-7-13-32-17/h3-13,20H,1-2H3,(H,24,26,30)(H,25,27,28). The third-order valence-electron chi connectivity index (χ3n) is 5.18. The Hall–Kier alpha value is -3.98. The second-order valence-corrected chi connectivity index (χ2v) is 8.11. The van der Waals surface area contributed by atoms with Crippen LogP contribution in [-0.2, 0) is 4.79 Å². The summed E-state index contributed by atoms with van der Waals surface area (Å²) in [6, 6.07) is 16.4. The normalized spacial score (nSPS) is 15.1. The van der Waals surface area contributed by atoms with Crippen molar-refractivity contribution in [3.05, 3.63) is 83.0 Å². The van der Waals surface area contributed by atoms with Crippen molar-refractivity contribution in [2.45, 2.75) is 13.0 Å². The van der Waals surface area contributed by atoms with Crippen LogP contribution in [0.25, 0.3) is 10.7 Å². The third kappa shape index (κ3) is 3.52. The van der Waals surface area contributed by atoms with Crippen molar-refractivity contribution >= 4 is 29.0 Å². The van der Waals surface area contributed by atoms with Crippen LogP contribution in [0.5, 0.6) is 5.75 Å². The first-order valence-corrected chi connectivity index (χ1v) is 10.9. The summed E-state index contributed by atoms with van der Waals surface area (Å²) < 4.78 is 7.37. The predicted octanol–water partition coefficient (Wildman–Crippen LogP) is 4.34. The van der Waals surface area contributed by atoms with Gasteiger partial charge in [-0.15, -0.1) is 16.4 Å². The Kier molecular flexibility index (Phi) is 5.16. The van der Waals surface area contributed by atoms with Gasteiger partial charge in [-0.3, -0.25) is 4.79 Å². The van der Waals surface area contributed by atoms with Gasteiger partial charge < -0.3 is 15.4 Å². The van der Waals surface area contributed by atoms with Crippen LogP contribution in [-0.4, -0.2) is 32.8 Å². The van der Waals surface area contributed by atoms with Crippen LogP contribution in [0.1, 0.15) is 18.5 Å². The van der Waals surface area contributed by atoms with Crippen LogP contribution in [0.3, 0.4) is 0 Å². The summed E-state index contributed by atoms with van der Waals surface area (Å²) in [6.07, 6.45) is 1.64. The van der Waals surface area contributed by atoms with Crippen molar-refractivity contribution in [1.82, 2.24) is 19.7 Å². The predicted molar refractivity (Wildman–Crippen MR) is 124 cm³/mol. The van der Waals surface area contributed by atoms with Gasteiger partial charge in [0.2, 0.25) is 5.95 Å². The summed E-state index contributed by atoms with van der Waals surface area (Å²) in [5.41, 5.74) is 2.01. The molecule has 0 radical (unpaired) electrons. The van der Waals surface area contributed by atoms with E-state index in [-0.39, 0.29) is 5.91 Å². The lowest BCUT2D eigenvalue weighted by atomic mass is 9.94. The number of nitrogens with one attached hydrogen (secondary N) is 2. The van der Waals surface area contributed by atoms with Crippen molar-refractivity contribution in [2.75, 3.05) is 17.7 Å². The fourth-order valence-electron chi connectivity index (χ4n) is 3.76. The van der Waals surface area contributed by atoms with Gasteiger partial charge in [0.1, 0.15) is 17.6 Å². The van der Waals surface area contributed by atoms with Gasteiger partial charge >= 0.3 is 0 Å². The van der Waals surface area contributed by atoms with Crippen molar-refractivity contribution in [3.8, 4) is 16.5 Å². The zero-order valence-electron chi connectivity index (χ0n) is 17.4. The molecular formula is C23H20N6O2S. The van der Waals surface area contributed by atoms with Crippen molar-refractivity contribution in [3.63, 3.8) is 0 Å². The molecule has 1 atom stereocenters. The number of carbonyl (C=O) groups excluding carboxylic acids is 1. The molecule has 4 heterocycles. The quantitative estimate of drug-likeness (QED) is 0.476. The average molecular weight is 445 g/mol. The van der Waals surface area contributed by atoms with Gasteiger partial charge in [-0.05, 0) is 36.6 Å². The summed E-state index contributed by atoms with van der Waals surface area (Å²) in [7, 11) is 1.61. The number of para-hydroxylation sites is 1. The molecule has 1 aliphatic heterocycles. The highest BCUT2D eigenvalue weighted by Crippen LogP contribution is 2.40. The molecular weight excluding hydrogens is 424 g/mol. The first-order chi connectivity index (χ1) is 15.7. The van der Waals surface area contributed by atoms with Crippen molar-refractivity contribution in [1.29, 1.82) is 0 Å². The van der Waals surface area contributed by atoms with Gasteiger partial charge in [0.25, 0.3) is 5.91 Å². The van der Waals surface area contributed by atoms with E-state index >= 15 is 0 Å². The Morgan fingerprint density at radius 3 is 2.75 bits per heavy atom. The molecule has 5 rings (SSSR count). The number of benzene rings is 1. The van der Waals surface area contributed by atoms with E-state index in [0.717, 1.165) is 10.4 Å². The van der Waals surface area contributed by atoms with Crippen LogP contribution >= 0.6 is 11.3 Å². The molecule has 160 valence electrons. The largest absolute Gasteiger partial charge is 0.496 e. The number of rotatable bonds is 5. The van der Waals surface area contributed by atoms with E-state index in [1.807, 2.05) is 54.8 Å². The number of fused-ring (bicyclic) bond motifs is 1. The molecule has 2 N–H and O–H groups in total. The lowest BCUT2D eigenvalue weighted by molar-refractivity contribution is -0.113. The molecule has 3 aromatic heterocycles. The number of ether oxygens (including phenoxy) is 1. The zero-order valence-corrected chi connectivity index (χ0v) is 18.3. The zero-order chi connectivity index (χ0) is 22.1. The van der Waals surface area contributed by atoms with Crippen LogP contribution in [0.4, 0.5) is 11.8 Å². The fraction of sp³-hybridized carbons (Fsp3) is 0.130. The molecule has 0 saturated carbocycles. The Bertz CT molecular complexity index is 1300. The maximum Gasteiger partial charge on any atom is 0.257 e. The van der Waals surface area contributed by atoms with Gasteiger partial charge in [0.15, 0.2) is 5.82 Å². The number of allylic oxidation sites excluding steroid dienone is 1. The van der Waals surface area contributed by atoms with Gasteiger partial charge in [-0.25, -0.2) is 9.67 Å². The number of carbonyl (C=O) groups is 1. The van der Waals surface area contributed by atoms with E-state index < -0.39 is 6.04 Å². The van der Waals surface area contributed by atoms with Crippen molar-refractivity contribution < 1.29 is 9.53 Å². The van der Waals surface area contributed by atoms with E-state index in [2.05, 4.69) is 20.6 Å². The summed E-state index contributed by atoms with van der Waals surface area (Å²) in [6.45, 7) is 1.86. The second kappa shape index (κ2) is 8.27. The molecule has 8 nitrogen and oxygen atoms in total. The van der Waals surface area contributed by atoms with E-state index in [0.29, 0.717) is 34.6 Å². The lowest BCUT2D eigenvalue weighted by Crippen LogP contribution is -2.31. The minimum Gasteiger partial charge on any atom is -0.496 e. The highest BCUT2D eigenvalue weighted by Gasteiger charge is 2.36. The Morgan fingerprint density at radius 2 is 2.00 bits per heavy atom. The minimum atomic E-state index is -0.535. The summed E-state index contributed by atoms with van der Waals surface area (Å²) in [5.74, 6) is 2.02. The fourth-order valence-corrected chi connectivity index (χ4v) is 4.41. The summed E-state index contributed by atoms with van der Waals surface area (Å²) in [4.78, 5) is 23.3. The molecule has 1 aliphatic rings. The SMILES string of the molecule is COc1ccccc1C1C(C(=O)Nc2ccccn2)=C(C)Nc2nc(-c3cccs3)nn21. The molecule has 0 spiro atoms. The summed E-state index contributed by atoms with van der Waals surface area (Å²) in [5, 5.41) is 12.9. The number of nitrogens with zero attached hydrogens (tertiary/aromatic N) is 4. The van der Waals surface area contributed by atoms with Gasteiger partial charge in [-0.1, -0.05) is 30.3 Å². The smallest absolute Gasteiger partial charge is 0.257 e. The molecule has 1 aromatic carbocycles. The van der Waals surface area contributed by atoms with Crippen LogP contribution < -0.4 is 15.4 Å². The Balaban J connectivity index is 1.64. The van der Waals surface area contributed by atoms with Crippen molar-refractivity contribution in [2.24, 2.45) is 0 Å². The van der Waals surface area contributed by atoms with E-state index in [1.165, 1.54) is 0 Å². The molecule has 4 aromatic rings. The van der Waals surface area contributed by atoms with E-state index in [1.54, 1.807) is 41.5 Å². The van der Waals surface area contributed by atoms with Gasteiger partial charge in [0, 0.05) is 17.5 Å². The number of amides is 1. The highest BCUT2D eigenvalue weighted by atomic mass is 32.1. The molecule has 0 bridgehead atoms. The number of aromatic nitrogens is 4. The minimum absolute atomic E-state index is 0.275. The maximum absolute atomic E-state index is 13.5. The van der Waals surface area contributed by atoms with Crippen LogP contribution in [0, 0.1) is 0 Å². The van der Waals surface area contributed by atoms with Crippen LogP contribution in [0.2, 0.25) is 0 Å². The monoisotopic (exact) mass is 444 g/mol. The number of methoxy groups -OCH3 is 1. The Morgan fingerprint density at radius 1 is 1.16 bits per heavy atom. The number of anilines is 2. The number of pyridine rings is 1. The third-order valence-corrected chi connectivity index (χ3v) is 6.04. The lowest BCUT2D eigenvalue weighted by Gasteiger charge is -2.29. The first kappa shape index (κ1) is 20.0. The highest BCUT2D eigenvalue weighted by molar-refractivity contribution is 7.13. The average Bonchev–Trinajstić information content (AvgIpc) is 3.48. The van der Waals surface area contributed by atoms with E-state index in [4.69, 9.17) is 9.84 Å². The molecule has 0 fully saturated rings. The van der Waals surface area contributed by atoms with E-state index in [9.17, 15) is 4.79 Å². The number of thiophene rings is 1. The summed E-state index contributed by atoms with van der Waals surface area (Å²) >= 11 is 1.56. The maximum atomic E-state index is 13.5. The molecule has 0 aliphatic carbocycles. The molecule has 1 unspecified atom stereocenters. The molecule has 9 heteroatoms. The molecule has 1 amide bonds. The number of hydrogen-bond donors (Lipinski definition) is 2. The first-order valence-electron chi connectivity index (χ1n) is 9.99. The van der Waals surface area contributed by atoms with Gasteiger partial charge in [0.05, 0.1) is 17.6 Å². The van der Waals surface area contributed by atoms with Gasteiger partial charge in [-0.2, -0.15) is 4.98 Å². The topological polar surface area (TPSA) is 94.0 Å². The molecule has 32 heavy (non-hydrogen) atoms. The molecule has 0 saturated heterocycles.